The van der Waals surface area contributed by atoms with E-state index >= 15 is 0 Å². The van der Waals surface area contributed by atoms with Gasteiger partial charge in [-0.1, -0.05) is 0 Å². The second-order valence-electron chi connectivity index (χ2n) is 4.93. The average molecular weight is 249 g/mol. The normalized spacial score (nSPS) is 22.9. The number of rotatable bonds is 1. The summed E-state index contributed by atoms with van der Waals surface area (Å²) in [4.78, 5) is 14.2. The summed E-state index contributed by atoms with van der Waals surface area (Å²) >= 11 is 0. The zero-order valence-corrected chi connectivity index (χ0v) is 10.2. The van der Waals surface area contributed by atoms with Gasteiger partial charge in [0.1, 0.15) is 5.82 Å². The zero-order valence-electron chi connectivity index (χ0n) is 10.2. The fourth-order valence-electron chi connectivity index (χ4n) is 2.74. The summed E-state index contributed by atoms with van der Waals surface area (Å²) in [6, 6.07) is 4.69. The maximum absolute atomic E-state index is 13.2. The van der Waals surface area contributed by atoms with Crippen LogP contribution in [0, 0.1) is 11.7 Å². The van der Waals surface area contributed by atoms with Crippen molar-refractivity contribution in [1.82, 2.24) is 0 Å². The molecule has 1 aromatic rings. The topological polar surface area (TPSA) is 29.5 Å². The maximum Gasteiger partial charge on any atom is 0.232 e. The molecule has 1 aromatic carbocycles. The van der Waals surface area contributed by atoms with Crippen LogP contribution in [0.4, 0.5) is 10.1 Å². The number of carbonyl (C=O) groups excluding carboxylic acids is 1. The van der Waals surface area contributed by atoms with Crippen molar-refractivity contribution in [2.24, 2.45) is 5.92 Å². The van der Waals surface area contributed by atoms with Gasteiger partial charge in [-0.2, -0.15) is 0 Å². The van der Waals surface area contributed by atoms with Crippen molar-refractivity contribution < 1.29 is 13.9 Å². The lowest BCUT2D eigenvalue weighted by Gasteiger charge is -2.31. The summed E-state index contributed by atoms with van der Waals surface area (Å²) in [5.74, 6) is -0.131. The number of halogens is 1. The van der Waals surface area contributed by atoms with Crippen LogP contribution in [-0.4, -0.2) is 25.7 Å². The molecule has 0 spiro atoms. The first-order valence-corrected chi connectivity index (χ1v) is 6.43. The van der Waals surface area contributed by atoms with Gasteiger partial charge in [-0.25, -0.2) is 4.39 Å². The van der Waals surface area contributed by atoms with Crippen LogP contribution >= 0.6 is 0 Å². The molecule has 2 heterocycles. The molecule has 4 heteroatoms. The van der Waals surface area contributed by atoms with Crippen LogP contribution in [0.25, 0.3) is 0 Å². The highest BCUT2D eigenvalue weighted by Crippen LogP contribution is 2.30. The van der Waals surface area contributed by atoms with Crippen LogP contribution in [0.15, 0.2) is 18.2 Å². The Bertz CT molecular complexity index is 469. The highest BCUT2D eigenvalue weighted by atomic mass is 19.1. The number of nitrogens with zero attached hydrogens (tertiary/aromatic N) is 1. The summed E-state index contributed by atoms with van der Waals surface area (Å²) in [6.45, 7) is 1.92. The molecule has 0 radical (unpaired) electrons. The number of ether oxygens (including phenoxy) is 1. The summed E-state index contributed by atoms with van der Waals surface area (Å²) in [5.41, 5.74) is 1.81. The molecule has 3 nitrogen and oxygen atoms in total. The van der Waals surface area contributed by atoms with E-state index in [0.717, 1.165) is 37.1 Å². The van der Waals surface area contributed by atoms with Gasteiger partial charge in [0.25, 0.3) is 0 Å². The largest absolute Gasteiger partial charge is 0.381 e. The van der Waals surface area contributed by atoms with E-state index in [4.69, 9.17) is 4.74 Å². The monoisotopic (exact) mass is 249 g/mol. The van der Waals surface area contributed by atoms with Crippen LogP contribution in [0.5, 0.6) is 0 Å². The number of hydrogen-bond acceptors (Lipinski definition) is 2. The Kier molecular flexibility index (Phi) is 3.04. The van der Waals surface area contributed by atoms with Gasteiger partial charge in [-0.15, -0.1) is 0 Å². The fraction of sp³-hybridized carbons (Fsp3) is 0.500. The third kappa shape index (κ3) is 2.01. The molecule has 1 saturated heterocycles. The Balaban J connectivity index is 1.88. The number of benzene rings is 1. The summed E-state index contributed by atoms with van der Waals surface area (Å²) in [7, 11) is 0. The molecule has 96 valence electrons. The molecular formula is C14H16FNO2. The Labute approximate surface area is 106 Å². The fourth-order valence-corrected chi connectivity index (χ4v) is 2.74. The first-order chi connectivity index (χ1) is 8.75. The van der Waals surface area contributed by atoms with Gasteiger partial charge in [-0.3, -0.25) is 4.79 Å². The Hall–Kier alpha value is -1.42. The predicted molar refractivity (Wildman–Crippen MR) is 66.0 cm³/mol. The molecule has 0 saturated carbocycles. The van der Waals surface area contributed by atoms with E-state index in [0.29, 0.717) is 13.2 Å². The average Bonchev–Trinajstić information content (AvgIpc) is 2.90. The molecule has 1 unspecified atom stereocenters. The third-order valence-corrected chi connectivity index (χ3v) is 3.71. The molecule has 0 N–H and O–H groups in total. The van der Waals surface area contributed by atoms with Crippen molar-refractivity contribution >= 4 is 11.6 Å². The van der Waals surface area contributed by atoms with Crippen molar-refractivity contribution in [3.8, 4) is 0 Å². The number of anilines is 1. The molecule has 0 bridgehead atoms. The molecule has 18 heavy (non-hydrogen) atoms. The van der Waals surface area contributed by atoms with Gasteiger partial charge in [0.05, 0.1) is 12.5 Å². The molecule has 1 amide bonds. The number of carbonyl (C=O) groups is 1. The van der Waals surface area contributed by atoms with E-state index in [9.17, 15) is 9.18 Å². The van der Waals surface area contributed by atoms with Crippen LogP contribution < -0.4 is 4.90 Å². The van der Waals surface area contributed by atoms with Crippen molar-refractivity contribution in [3.05, 3.63) is 29.6 Å². The summed E-state index contributed by atoms with van der Waals surface area (Å²) < 4.78 is 18.5. The van der Waals surface area contributed by atoms with Crippen LogP contribution in [0.3, 0.4) is 0 Å². The minimum Gasteiger partial charge on any atom is -0.381 e. The van der Waals surface area contributed by atoms with Crippen molar-refractivity contribution in [2.75, 3.05) is 24.7 Å². The molecule has 1 fully saturated rings. The highest BCUT2D eigenvalue weighted by Gasteiger charge is 2.31. The lowest BCUT2D eigenvalue weighted by Crippen LogP contribution is -2.39. The molecule has 2 aliphatic heterocycles. The second-order valence-corrected chi connectivity index (χ2v) is 4.93. The van der Waals surface area contributed by atoms with Crippen molar-refractivity contribution in [3.63, 3.8) is 0 Å². The SMILES string of the molecule is O=C(C1CCOC1)N1CCCc2cc(F)ccc21. The molecule has 1 atom stereocenters. The van der Waals surface area contributed by atoms with Gasteiger partial charge in [0.2, 0.25) is 5.91 Å². The lowest BCUT2D eigenvalue weighted by atomic mass is 9.99. The van der Waals surface area contributed by atoms with Gasteiger partial charge >= 0.3 is 0 Å². The Morgan fingerprint density at radius 1 is 1.44 bits per heavy atom. The van der Waals surface area contributed by atoms with Crippen molar-refractivity contribution in [1.29, 1.82) is 0 Å². The summed E-state index contributed by atoms with van der Waals surface area (Å²) in [5, 5.41) is 0. The predicted octanol–water partition coefficient (Wildman–Crippen LogP) is 2.14. The first-order valence-electron chi connectivity index (χ1n) is 6.43. The minimum atomic E-state index is -0.229. The molecular weight excluding hydrogens is 233 g/mol. The van der Waals surface area contributed by atoms with Gasteiger partial charge in [-0.05, 0) is 43.0 Å². The Morgan fingerprint density at radius 2 is 2.33 bits per heavy atom. The van der Waals surface area contributed by atoms with Crippen LogP contribution in [-0.2, 0) is 16.0 Å². The number of aryl methyl sites for hydroxylation is 1. The Morgan fingerprint density at radius 3 is 3.11 bits per heavy atom. The quantitative estimate of drug-likeness (QED) is 0.763. The zero-order chi connectivity index (χ0) is 12.5. The summed E-state index contributed by atoms with van der Waals surface area (Å²) in [6.07, 6.45) is 2.54. The van der Waals surface area contributed by atoms with E-state index in [1.165, 1.54) is 6.07 Å². The van der Waals surface area contributed by atoms with Crippen LogP contribution in [0.1, 0.15) is 18.4 Å². The van der Waals surface area contributed by atoms with Gasteiger partial charge < -0.3 is 9.64 Å². The van der Waals surface area contributed by atoms with Gasteiger partial charge in [0.15, 0.2) is 0 Å². The molecule has 3 rings (SSSR count). The highest BCUT2D eigenvalue weighted by molar-refractivity contribution is 5.96. The molecule has 2 aliphatic rings. The number of amides is 1. The van der Waals surface area contributed by atoms with Gasteiger partial charge in [0, 0.05) is 18.8 Å². The number of hydrogen-bond donors (Lipinski definition) is 0. The standard InChI is InChI=1S/C14H16FNO2/c15-12-3-4-13-10(8-12)2-1-6-16(13)14(17)11-5-7-18-9-11/h3-4,8,11H,1-2,5-7,9H2. The molecule has 0 aromatic heterocycles. The maximum atomic E-state index is 13.2. The van der Waals surface area contributed by atoms with E-state index in [1.54, 1.807) is 17.0 Å². The lowest BCUT2D eigenvalue weighted by molar-refractivity contribution is -0.122. The van der Waals surface area contributed by atoms with E-state index in [2.05, 4.69) is 0 Å². The smallest absolute Gasteiger partial charge is 0.232 e. The van der Waals surface area contributed by atoms with Crippen LogP contribution in [0.2, 0.25) is 0 Å². The van der Waals surface area contributed by atoms with E-state index < -0.39 is 0 Å². The molecule has 0 aliphatic carbocycles. The van der Waals surface area contributed by atoms with E-state index in [1.807, 2.05) is 0 Å². The van der Waals surface area contributed by atoms with Crippen molar-refractivity contribution in [2.45, 2.75) is 19.3 Å². The first kappa shape index (κ1) is 11.7. The second kappa shape index (κ2) is 4.69. The third-order valence-electron chi connectivity index (χ3n) is 3.71. The number of fused-ring (bicyclic) bond motifs is 1. The van der Waals surface area contributed by atoms with E-state index in [-0.39, 0.29) is 17.6 Å². The minimum absolute atomic E-state index is 0.0268.